The topological polar surface area (TPSA) is 116 Å². The number of pyridine rings is 1. The van der Waals surface area contributed by atoms with Gasteiger partial charge < -0.3 is 15.1 Å². The summed E-state index contributed by atoms with van der Waals surface area (Å²) in [5.41, 5.74) is 6.64. The molecule has 1 atom stereocenters. The van der Waals surface area contributed by atoms with Crippen LogP contribution in [0.15, 0.2) is 22.7 Å². The van der Waals surface area contributed by atoms with Gasteiger partial charge in [-0.25, -0.2) is 14.6 Å². The van der Waals surface area contributed by atoms with Crippen molar-refractivity contribution in [2.75, 3.05) is 18.0 Å². The number of hydrogen-bond donors (Lipinski definition) is 1. The summed E-state index contributed by atoms with van der Waals surface area (Å²) in [6.07, 6.45) is 5.74. The van der Waals surface area contributed by atoms with Gasteiger partial charge in [0.05, 0.1) is 6.42 Å². The first-order chi connectivity index (χ1) is 13.6. The number of nitrogens with two attached hydrogens (primary N) is 1. The van der Waals surface area contributed by atoms with E-state index in [1.807, 2.05) is 16.8 Å². The maximum Gasteiger partial charge on any atom is 0.299 e. The second-order valence-corrected chi connectivity index (χ2v) is 7.29. The molecule has 148 valence electrons. The molecule has 0 radical (unpaired) electrons. The summed E-state index contributed by atoms with van der Waals surface area (Å²) in [6.45, 7) is 4.64. The Hall–Kier alpha value is -2.97. The average molecular weight is 383 g/mol. The minimum atomic E-state index is -0.409. The maximum absolute atomic E-state index is 11.2. The Labute approximate surface area is 163 Å². The van der Waals surface area contributed by atoms with Crippen LogP contribution in [0.2, 0.25) is 0 Å². The van der Waals surface area contributed by atoms with Gasteiger partial charge in [0.15, 0.2) is 11.4 Å². The summed E-state index contributed by atoms with van der Waals surface area (Å²) in [5, 5.41) is 4.46. The van der Waals surface area contributed by atoms with Gasteiger partial charge in [-0.15, -0.1) is 0 Å². The fourth-order valence-corrected chi connectivity index (χ4v) is 3.76. The van der Waals surface area contributed by atoms with E-state index in [2.05, 4.69) is 31.9 Å². The third-order valence-corrected chi connectivity index (χ3v) is 4.97. The fourth-order valence-electron chi connectivity index (χ4n) is 3.76. The monoisotopic (exact) mass is 383 g/mol. The molecule has 0 spiro atoms. The number of amides is 1. The SMILES string of the molecule is CCCn1nc(CC(N)=O)nc1CC1CCCN(c2nc3ncccc3o2)C1. The van der Waals surface area contributed by atoms with Crippen molar-refractivity contribution in [3.63, 3.8) is 0 Å². The largest absolute Gasteiger partial charge is 0.422 e. The van der Waals surface area contributed by atoms with Crippen LogP contribution in [0.3, 0.4) is 0 Å². The molecule has 0 bridgehead atoms. The van der Waals surface area contributed by atoms with Gasteiger partial charge in [0.25, 0.3) is 6.01 Å². The van der Waals surface area contributed by atoms with Gasteiger partial charge in [0.2, 0.25) is 11.6 Å². The van der Waals surface area contributed by atoms with Crippen LogP contribution in [-0.2, 0) is 24.2 Å². The summed E-state index contributed by atoms with van der Waals surface area (Å²) < 4.78 is 7.80. The second-order valence-electron chi connectivity index (χ2n) is 7.29. The van der Waals surface area contributed by atoms with Crippen LogP contribution in [-0.4, -0.2) is 43.7 Å². The second kappa shape index (κ2) is 7.95. The predicted molar refractivity (Wildman–Crippen MR) is 104 cm³/mol. The van der Waals surface area contributed by atoms with Crippen LogP contribution >= 0.6 is 0 Å². The number of fused-ring (bicyclic) bond motifs is 1. The molecule has 9 heteroatoms. The summed E-state index contributed by atoms with van der Waals surface area (Å²) in [4.78, 5) is 26.8. The standard InChI is InChI=1S/C19H25N7O2/c1-2-8-26-17(22-16(24-26)11-15(20)27)10-13-5-4-9-25(12-13)19-23-18-14(28-19)6-3-7-21-18/h3,6-7,13H,2,4-5,8-12H2,1H3,(H2,20,27). The lowest BCUT2D eigenvalue weighted by Gasteiger charge is -2.31. The molecular weight excluding hydrogens is 358 g/mol. The van der Waals surface area contributed by atoms with Crippen LogP contribution < -0.4 is 10.6 Å². The van der Waals surface area contributed by atoms with Crippen LogP contribution in [0.4, 0.5) is 6.01 Å². The average Bonchev–Trinajstić information content (AvgIpc) is 3.26. The lowest BCUT2D eigenvalue weighted by Crippen LogP contribution is -2.36. The maximum atomic E-state index is 11.2. The molecule has 1 amide bonds. The Morgan fingerprint density at radius 1 is 1.39 bits per heavy atom. The number of aryl methyl sites for hydroxylation is 1. The summed E-state index contributed by atoms with van der Waals surface area (Å²) >= 11 is 0. The Morgan fingerprint density at radius 3 is 3.07 bits per heavy atom. The number of oxazole rings is 1. The normalized spacial score (nSPS) is 17.3. The van der Waals surface area contributed by atoms with Crippen molar-refractivity contribution in [2.24, 2.45) is 11.7 Å². The number of rotatable bonds is 7. The first-order valence-electron chi connectivity index (χ1n) is 9.79. The molecule has 1 aliphatic heterocycles. The van der Waals surface area contributed by atoms with E-state index in [0.717, 1.165) is 51.1 Å². The Morgan fingerprint density at radius 2 is 2.29 bits per heavy atom. The number of anilines is 1. The highest BCUT2D eigenvalue weighted by atomic mass is 16.4. The zero-order chi connectivity index (χ0) is 19.5. The smallest absolute Gasteiger partial charge is 0.299 e. The van der Waals surface area contributed by atoms with Crippen LogP contribution in [0.5, 0.6) is 0 Å². The van der Waals surface area contributed by atoms with Crippen LogP contribution in [0.1, 0.15) is 37.8 Å². The molecule has 0 saturated carbocycles. The Bertz CT molecular complexity index is 931. The van der Waals surface area contributed by atoms with E-state index in [0.29, 0.717) is 29.0 Å². The first kappa shape index (κ1) is 18.4. The summed E-state index contributed by atoms with van der Waals surface area (Å²) in [5.74, 6) is 1.43. The molecule has 4 rings (SSSR count). The predicted octanol–water partition coefficient (Wildman–Crippen LogP) is 1.71. The number of hydrogen-bond acceptors (Lipinski definition) is 7. The molecule has 4 heterocycles. The summed E-state index contributed by atoms with van der Waals surface area (Å²) in [6, 6.07) is 4.36. The molecule has 2 N–H and O–H groups in total. The molecule has 1 saturated heterocycles. The highest BCUT2D eigenvalue weighted by Crippen LogP contribution is 2.27. The Kier molecular flexibility index (Phi) is 5.23. The van der Waals surface area contributed by atoms with E-state index in [1.54, 1.807) is 6.20 Å². The number of carbonyl (C=O) groups excluding carboxylic acids is 1. The molecule has 1 fully saturated rings. The fraction of sp³-hybridized carbons (Fsp3) is 0.526. The van der Waals surface area contributed by atoms with Crippen molar-refractivity contribution < 1.29 is 9.21 Å². The zero-order valence-corrected chi connectivity index (χ0v) is 16.0. The summed E-state index contributed by atoms with van der Waals surface area (Å²) in [7, 11) is 0. The van der Waals surface area contributed by atoms with E-state index >= 15 is 0 Å². The molecule has 0 aliphatic carbocycles. The number of aromatic nitrogens is 5. The van der Waals surface area contributed by atoms with Crippen LogP contribution in [0.25, 0.3) is 11.2 Å². The van der Waals surface area contributed by atoms with E-state index in [4.69, 9.17) is 10.2 Å². The third-order valence-electron chi connectivity index (χ3n) is 4.97. The van der Waals surface area contributed by atoms with Gasteiger partial charge in [-0.1, -0.05) is 6.92 Å². The number of carbonyl (C=O) groups is 1. The van der Waals surface area contributed by atoms with Gasteiger partial charge in [-0.3, -0.25) is 4.79 Å². The molecule has 0 aromatic carbocycles. The third kappa shape index (κ3) is 3.97. The molecule has 1 unspecified atom stereocenters. The van der Waals surface area contributed by atoms with E-state index in [1.165, 1.54) is 0 Å². The van der Waals surface area contributed by atoms with Gasteiger partial charge in [0.1, 0.15) is 5.82 Å². The number of nitrogens with zero attached hydrogens (tertiary/aromatic N) is 6. The number of primary amides is 1. The van der Waals surface area contributed by atoms with Gasteiger partial charge in [-0.2, -0.15) is 10.1 Å². The van der Waals surface area contributed by atoms with Crippen molar-refractivity contribution in [1.82, 2.24) is 24.7 Å². The lowest BCUT2D eigenvalue weighted by molar-refractivity contribution is -0.117. The highest BCUT2D eigenvalue weighted by Gasteiger charge is 2.26. The van der Waals surface area contributed by atoms with Crippen LogP contribution in [0, 0.1) is 5.92 Å². The van der Waals surface area contributed by atoms with Crippen molar-refractivity contribution in [2.45, 2.75) is 45.6 Å². The van der Waals surface area contributed by atoms with Gasteiger partial charge in [0, 0.05) is 32.3 Å². The van der Waals surface area contributed by atoms with E-state index < -0.39 is 5.91 Å². The van der Waals surface area contributed by atoms with E-state index in [-0.39, 0.29) is 6.42 Å². The number of piperidine rings is 1. The van der Waals surface area contributed by atoms with Crippen molar-refractivity contribution in [3.8, 4) is 0 Å². The Balaban J connectivity index is 1.49. The van der Waals surface area contributed by atoms with Gasteiger partial charge >= 0.3 is 0 Å². The molecule has 9 nitrogen and oxygen atoms in total. The first-order valence-corrected chi connectivity index (χ1v) is 9.79. The minimum Gasteiger partial charge on any atom is -0.422 e. The highest BCUT2D eigenvalue weighted by molar-refractivity contribution is 5.75. The molecule has 3 aromatic rings. The van der Waals surface area contributed by atoms with E-state index in [9.17, 15) is 4.79 Å². The van der Waals surface area contributed by atoms with Crippen molar-refractivity contribution in [3.05, 3.63) is 30.0 Å². The molecule has 1 aliphatic rings. The minimum absolute atomic E-state index is 0.0798. The molecule has 28 heavy (non-hydrogen) atoms. The molecular formula is C19H25N7O2. The van der Waals surface area contributed by atoms with Crippen molar-refractivity contribution >= 4 is 23.2 Å². The van der Waals surface area contributed by atoms with Crippen molar-refractivity contribution in [1.29, 1.82) is 0 Å². The lowest BCUT2D eigenvalue weighted by atomic mass is 9.94. The molecule has 3 aromatic heterocycles. The zero-order valence-electron chi connectivity index (χ0n) is 16.0. The van der Waals surface area contributed by atoms with Gasteiger partial charge in [-0.05, 0) is 37.3 Å². The quantitative estimate of drug-likeness (QED) is 0.660.